The lowest BCUT2D eigenvalue weighted by atomic mass is 9.77. The lowest BCUT2D eigenvalue weighted by Gasteiger charge is -2.44. The third-order valence-corrected chi connectivity index (χ3v) is 7.04. The van der Waals surface area contributed by atoms with Crippen molar-refractivity contribution < 1.29 is 18.3 Å². The molecule has 0 bridgehead atoms. The van der Waals surface area contributed by atoms with Crippen LogP contribution in [0.2, 0.25) is 0 Å². The van der Waals surface area contributed by atoms with Crippen LogP contribution in [0.25, 0.3) is 22.0 Å². The molecule has 2 atom stereocenters. The Morgan fingerprint density at radius 3 is 2.61 bits per heavy atom. The summed E-state index contributed by atoms with van der Waals surface area (Å²) in [6.45, 7) is 9.39. The highest BCUT2D eigenvalue weighted by atomic mass is 19.1. The molecule has 0 aliphatic carbocycles. The first kappa shape index (κ1) is 23.9. The molecule has 2 heterocycles. The Balaban J connectivity index is 1.51. The summed E-state index contributed by atoms with van der Waals surface area (Å²) in [7, 11) is 0. The molecule has 5 rings (SSSR count). The van der Waals surface area contributed by atoms with Crippen molar-refractivity contribution >= 4 is 28.4 Å². The number of para-hydroxylation sites is 1. The minimum Gasteiger partial charge on any atom is -0.443 e. The van der Waals surface area contributed by atoms with E-state index >= 15 is 8.78 Å². The third-order valence-electron chi connectivity index (χ3n) is 7.04. The van der Waals surface area contributed by atoms with E-state index in [1.165, 1.54) is 6.07 Å². The van der Waals surface area contributed by atoms with Crippen molar-refractivity contribution in [2.45, 2.75) is 52.2 Å². The summed E-state index contributed by atoms with van der Waals surface area (Å²) in [5.74, 6) is -1.86. The number of benzene rings is 3. The van der Waals surface area contributed by atoms with Crippen molar-refractivity contribution in [1.29, 1.82) is 0 Å². The molecule has 1 aliphatic heterocycles. The van der Waals surface area contributed by atoms with Gasteiger partial charge in [-0.25, -0.2) is 13.6 Å². The summed E-state index contributed by atoms with van der Waals surface area (Å²) in [5, 5.41) is 6.86. The normalized spacial score (nSPS) is 18.4. The molecule has 3 aromatic carbocycles. The van der Waals surface area contributed by atoms with Crippen molar-refractivity contribution in [3.05, 3.63) is 83.1 Å². The lowest BCUT2D eigenvalue weighted by Crippen LogP contribution is -2.52. The fourth-order valence-corrected chi connectivity index (χ4v) is 5.38. The Hall–Kier alpha value is -3.87. The Labute approximate surface area is 208 Å². The van der Waals surface area contributed by atoms with Crippen LogP contribution in [0.1, 0.15) is 43.4 Å². The first-order chi connectivity index (χ1) is 17.1. The lowest BCUT2D eigenvalue weighted by molar-refractivity contribution is 0.0560. The molecule has 5 nitrogen and oxygen atoms in total. The molecule has 0 saturated heterocycles. The number of halogens is 2. The van der Waals surface area contributed by atoms with Crippen LogP contribution in [0.3, 0.4) is 0 Å². The van der Waals surface area contributed by atoms with Gasteiger partial charge >= 0.3 is 6.09 Å². The average Bonchev–Trinajstić information content (AvgIpc) is 3.27. The maximum atomic E-state index is 16.1. The minimum atomic E-state index is -0.772. The highest BCUT2D eigenvalue weighted by Crippen LogP contribution is 2.46. The van der Waals surface area contributed by atoms with Crippen LogP contribution in [-0.4, -0.2) is 22.7 Å². The van der Waals surface area contributed by atoms with E-state index in [0.717, 1.165) is 16.5 Å². The fraction of sp³-hybridized carbons (Fsp3) is 0.276. The Morgan fingerprint density at radius 2 is 1.86 bits per heavy atom. The number of hydrogen-bond donors (Lipinski definition) is 3. The van der Waals surface area contributed by atoms with Crippen LogP contribution in [0, 0.1) is 25.5 Å². The zero-order chi connectivity index (χ0) is 25.8. The fourth-order valence-electron chi connectivity index (χ4n) is 5.38. The number of anilines is 2. The predicted molar refractivity (Wildman–Crippen MR) is 140 cm³/mol. The van der Waals surface area contributed by atoms with E-state index in [9.17, 15) is 4.79 Å². The highest BCUT2D eigenvalue weighted by Gasteiger charge is 2.45. The SMILES string of the molecule is Cc1ccc(NC(=O)OC2[C@@H](C)c3c(cc(F)c(-c4cccc5cc[nH]c45)c3F)NC2(C)C)c(C)c1. The van der Waals surface area contributed by atoms with Gasteiger partial charge in [0, 0.05) is 34.6 Å². The van der Waals surface area contributed by atoms with Crippen molar-refractivity contribution in [3.63, 3.8) is 0 Å². The van der Waals surface area contributed by atoms with Crippen LogP contribution < -0.4 is 10.6 Å². The highest BCUT2D eigenvalue weighted by molar-refractivity contribution is 5.95. The van der Waals surface area contributed by atoms with E-state index in [1.807, 2.05) is 58.0 Å². The molecule has 1 unspecified atom stereocenters. The molecule has 3 N–H and O–H groups in total. The van der Waals surface area contributed by atoms with Crippen molar-refractivity contribution in [1.82, 2.24) is 4.98 Å². The molecule has 186 valence electrons. The van der Waals surface area contributed by atoms with E-state index in [-0.39, 0.29) is 5.56 Å². The number of aryl methyl sites for hydroxylation is 2. The molecule has 36 heavy (non-hydrogen) atoms. The van der Waals surface area contributed by atoms with Gasteiger partial charge in [0.25, 0.3) is 0 Å². The van der Waals surface area contributed by atoms with Gasteiger partial charge in [0.1, 0.15) is 17.7 Å². The number of H-pyrrole nitrogens is 1. The van der Waals surface area contributed by atoms with Crippen LogP contribution in [0.15, 0.2) is 54.7 Å². The molecule has 0 spiro atoms. The van der Waals surface area contributed by atoms with Crippen molar-refractivity contribution in [3.8, 4) is 11.1 Å². The number of ether oxygens (including phenoxy) is 1. The molecule has 1 aliphatic rings. The second kappa shape index (κ2) is 8.66. The number of rotatable bonds is 3. The number of aromatic nitrogens is 1. The van der Waals surface area contributed by atoms with E-state index in [1.54, 1.807) is 25.3 Å². The second-order valence-electron chi connectivity index (χ2n) is 10.2. The summed E-state index contributed by atoms with van der Waals surface area (Å²) in [6, 6.07) is 14.2. The van der Waals surface area contributed by atoms with Gasteiger partial charge in [0.15, 0.2) is 0 Å². The molecule has 4 aromatic rings. The van der Waals surface area contributed by atoms with Gasteiger partial charge in [0.2, 0.25) is 0 Å². The molecule has 0 saturated carbocycles. The van der Waals surface area contributed by atoms with Crippen molar-refractivity contribution in [2.75, 3.05) is 10.6 Å². The molecular weight excluding hydrogens is 460 g/mol. The van der Waals surface area contributed by atoms with E-state index in [2.05, 4.69) is 15.6 Å². The smallest absolute Gasteiger partial charge is 0.412 e. The first-order valence-corrected chi connectivity index (χ1v) is 12.0. The molecular formula is C29H29F2N3O2. The number of carbonyl (C=O) groups is 1. The maximum absolute atomic E-state index is 16.1. The predicted octanol–water partition coefficient (Wildman–Crippen LogP) is 7.65. The van der Waals surface area contributed by atoms with Crippen LogP contribution in [0.5, 0.6) is 0 Å². The standard InChI is InChI=1S/C29H29F2N3O2/c1-15-9-10-21(16(2)13-15)33-28(35)36-27-17(3)23-22(34-29(27,4)5)14-20(30)24(25(23)31)19-8-6-7-18-11-12-32-26(18)19/h6-14,17,27,32,34H,1-5H3,(H,33,35)/t17-,27?/m0/s1. The number of carbonyl (C=O) groups excluding carboxylic acids is 1. The molecule has 0 fully saturated rings. The van der Waals surface area contributed by atoms with Crippen LogP contribution in [-0.2, 0) is 4.74 Å². The van der Waals surface area contributed by atoms with Gasteiger partial charge in [-0.2, -0.15) is 0 Å². The monoisotopic (exact) mass is 489 g/mol. The van der Waals surface area contributed by atoms with Gasteiger partial charge < -0.3 is 15.0 Å². The quantitative estimate of drug-likeness (QED) is 0.277. The largest absolute Gasteiger partial charge is 0.443 e. The Kier molecular flexibility index (Phi) is 5.74. The van der Waals surface area contributed by atoms with Gasteiger partial charge in [-0.15, -0.1) is 0 Å². The Morgan fingerprint density at radius 1 is 1.08 bits per heavy atom. The van der Waals surface area contributed by atoms with Crippen LogP contribution >= 0.6 is 0 Å². The Bertz CT molecular complexity index is 1490. The second-order valence-corrected chi connectivity index (χ2v) is 10.2. The van der Waals surface area contributed by atoms with E-state index in [0.29, 0.717) is 28.0 Å². The number of hydrogen-bond acceptors (Lipinski definition) is 3. The van der Waals surface area contributed by atoms with Gasteiger partial charge in [-0.05, 0) is 56.8 Å². The van der Waals surface area contributed by atoms with Crippen molar-refractivity contribution in [2.24, 2.45) is 0 Å². The van der Waals surface area contributed by atoms with Crippen LogP contribution in [0.4, 0.5) is 25.0 Å². The van der Waals surface area contributed by atoms with Gasteiger partial charge in [-0.1, -0.05) is 42.8 Å². The number of fused-ring (bicyclic) bond motifs is 2. The number of nitrogens with one attached hydrogen (secondary N) is 3. The maximum Gasteiger partial charge on any atom is 0.412 e. The summed E-state index contributed by atoms with van der Waals surface area (Å²) >= 11 is 0. The number of amides is 1. The summed E-state index contributed by atoms with van der Waals surface area (Å²) in [4.78, 5) is 16.0. The zero-order valence-electron chi connectivity index (χ0n) is 20.9. The zero-order valence-corrected chi connectivity index (χ0v) is 20.9. The summed E-state index contributed by atoms with van der Waals surface area (Å²) < 4.78 is 37.4. The summed E-state index contributed by atoms with van der Waals surface area (Å²) in [6.07, 6.45) is 0.397. The third kappa shape index (κ3) is 3.98. The molecule has 7 heteroatoms. The van der Waals surface area contributed by atoms with E-state index in [4.69, 9.17) is 4.74 Å². The molecule has 1 aromatic heterocycles. The average molecular weight is 490 g/mol. The number of aromatic amines is 1. The topological polar surface area (TPSA) is 66.1 Å². The van der Waals surface area contributed by atoms with E-state index < -0.39 is 35.3 Å². The minimum absolute atomic E-state index is 0.103. The van der Waals surface area contributed by atoms with Gasteiger partial charge in [0.05, 0.1) is 16.6 Å². The summed E-state index contributed by atoms with van der Waals surface area (Å²) in [5.41, 5.74) is 3.52. The first-order valence-electron chi connectivity index (χ1n) is 12.0. The van der Waals surface area contributed by atoms with Gasteiger partial charge in [-0.3, -0.25) is 5.32 Å². The molecule has 0 radical (unpaired) electrons. The molecule has 1 amide bonds.